The van der Waals surface area contributed by atoms with Gasteiger partial charge in [0.2, 0.25) is 10.0 Å². The molecule has 3 nitrogen and oxygen atoms in total. The molecule has 0 bridgehead atoms. The summed E-state index contributed by atoms with van der Waals surface area (Å²) >= 11 is 0. The SMILES string of the molecule is [CH2]C1C=CN(S(C)(=O)=O)CC1. The molecular formula is C7H12NO2S. The molecule has 0 fully saturated rings. The smallest absolute Gasteiger partial charge is 0.231 e. The second-order valence-corrected chi connectivity index (χ2v) is 4.70. The lowest BCUT2D eigenvalue weighted by atomic mass is 10.1. The zero-order valence-electron chi connectivity index (χ0n) is 6.53. The molecule has 0 N–H and O–H groups in total. The van der Waals surface area contributed by atoms with Crippen LogP contribution >= 0.6 is 0 Å². The van der Waals surface area contributed by atoms with Crippen LogP contribution in [0.15, 0.2) is 12.3 Å². The molecule has 0 aromatic rings. The maximum atomic E-state index is 10.9. The molecule has 0 amide bonds. The molecule has 4 heteroatoms. The van der Waals surface area contributed by atoms with Crippen LogP contribution in [0, 0.1) is 12.8 Å². The Morgan fingerprint density at radius 3 is 2.64 bits per heavy atom. The molecule has 1 unspecified atom stereocenters. The summed E-state index contributed by atoms with van der Waals surface area (Å²) in [5.74, 6) is 0.257. The summed E-state index contributed by atoms with van der Waals surface area (Å²) in [5, 5.41) is 0. The largest absolute Gasteiger partial charge is 0.278 e. The lowest BCUT2D eigenvalue weighted by molar-refractivity contribution is 0.457. The highest BCUT2D eigenvalue weighted by Crippen LogP contribution is 2.14. The summed E-state index contributed by atoms with van der Waals surface area (Å²) in [6.45, 7) is 4.36. The van der Waals surface area contributed by atoms with Crippen molar-refractivity contribution in [3.05, 3.63) is 19.2 Å². The van der Waals surface area contributed by atoms with Gasteiger partial charge >= 0.3 is 0 Å². The number of nitrogens with zero attached hydrogens (tertiary/aromatic N) is 1. The third-order valence-electron chi connectivity index (χ3n) is 1.67. The van der Waals surface area contributed by atoms with Crippen molar-refractivity contribution in [2.45, 2.75) is 6.42 Å². The fraction of sp³-hybridized carbons (Fsp3) is 0.571. The molecule has 63 valence electrons. The Balaban J connectivity index is 2.73. The molecule has 1 aliphatic rings. The molecule has 11 heavy (non-hydrogen) atoms. The summed E-state index contributed by atoms with van der Waals surface area (Å²) in [6, 6.07) is 0. The molecule has 0 saturated heterocycles. The Labute approximate surface area is 67.8 Å². The summed E-state index contributed by atoms with van der Waals surface area (Å²) in [4.78, 5) is 0. The predicted octanol–water partition coefficient (Wildman–Crippen LogP) is 0.616. The predicted molar refractivity (Wildman–Crippen MR) is 44.2 cm³/mol. The van der Waals surface area contributed by atoms with Gasteiger partial charge in [-0.25, -0.2) is 8.42 Å². The van der Waals surface area contributed by atoms with E-state index in [0.29, 0.717) is 6.54 Å². The van der Waals surface area contributed by atoms with Crippen LogP contribution in [0.4, 0.5) is 0 Å². The van der Waals surface area contributed by atoms with E-state index < -0.39 is 10.0 Å². The molecule has 0 aliphatic carbocycles. The van der Waals surface area contributed by atoms with Crippen LogP contribution in [-0.2, 0) is 10.0 Å². The molecule has 1 aliphatic heterocycles. The van der Waals surface area contributed by atoms with Gasteiger partial charge in [0.05, 0.1) is 6.26 Å². The zero-order valence-corrected chi connectivity index (χ0v) is 7.34. The Hall–Kier alpha value is -0.510. The maximum Gasteiger partial charge on any atom is 0.231 e. The Kier molecular flexibility index (Phi) is 2.23. The molecule has 1 rings (SSSR count). The van der Waals surface area contributed by atoms with Gasteiger partial charge in [-0.15, -0.1) is 0 Å². The number of allylic oxidation sites excluding steroid dienone is 1. The highest BCUT2D eigenvalue weighted by Gasteiger charge is 2.16. The third-order valence-corrected chi connectivity index (χ3v) is 2.83. The van der Waals surface area contributed by atoms with Crippen molar-refractivity contribution in [3.63, 3.8) is 0 Å². The summed E-state index contributed by atoms with van der Waals surface area (Å²) in [6.07, 6.45) is 5.42. The van der Waals surface area contributed by atoms with Crippen LogP contribution in [0.5, 0.6) is 0 Å². The number of rotatable bonds is 1. The van der Waals surface area contributed by atoms with Crippen molar-refractivity contribution in [1.82, 2.24) is 4.31 Å². The third kappa shape index (κ3) is 2.22. The Bertz CT molecular complexity index is 256. The van der Waals surface area contributed by atoms with E-state index in [2.05, 4.69) is 6.92 Å². The maximum absolute atomic E-state index is 10.9. The van der Waals surface area contributed by atoms with E-state index >= 15 is 0 Å². The van der Waals surface area contributed by atoms with Gasteiger partial charge in [-0.1, -0.05) is 6.08 Å². The van der Waals surface area contributed by atoms with Crippen LogP contribution in [-0.4, -0.2) is 25.5 Å². The van der Waals surface area contributed by atoms with E-state index in [1.54, 1.807) is 6.20 Å². The summed E-state index contributed by atoms with van der Waals surface area (Å²) in [5.41, 5.74) is 0. The van der Waals surface area contributed by atoms with Gasteiger partial charge in [0.1, 0.15) is 0 Å². The highest BCUT2D eigenvalue weighted by atomic mass is 32.2. The van der Waals surface area contributed by atoms with E-state index in [4.69, 9.17) is 0 Å². The van der Waals surface area contributed by atoms with Crippen LogP contribution in [0.1, 0.15) is 6.42 Å². The summed E-state index contributed by atoms with van der Waals surface area (Å²) < 4.78 is 23.2. The molecule has 0 aromatic heterocycles. The van der Waals surface area contributed by atoms with Crippen molar-refractivity contribution in [3.8, 4) is 0 Å². The van der Waals surface area contributed by atoms with Gasteiger partial charge in [-0.3, -0.25) is 4.31 Å². The van der Waals surface area contributed by atoms with Gasteiger partial charge in [0, 0.05) is 12.7 Å². The lowest BCUT2D eigenvalue weighted by Crippen LogP contribution is -2.29. The van der Waals surface area contributed by atoms with Gasteiger partial charge in [-0.2, -0.15) is 0 Å². The minimum Gasteiger partial charge on any atom is -0.278 e. The average molecular weight is 174 g/mol. The topological polar surface area (TPSA) is 37.4 Å². The Morgan fingerprint density at radius 2 is 2.27 bits per heavy atom. The van der Waals surface area contributed by atoms with Crippen molar-refractivity contribution in [1.29, 1.82) is 0 Å². The first kappa shape index (κ1) is 8.59. The molecule has 1 atom stereocenters. The second kappa shape index (κ2) is 2.85. The normalized spacial score (nSPS) is 25.6. The first-order valence-corrected chi connectivity index (χ1v) is 5.33. The van der Waals surface area contributed by atoms with E-state index in [1.165, 1.54) is 10.6 Å². The van der Waals surface area contributed by atoms with Crippen molar-refractivity contribution in [2.24, 2.45) is 5.92 Å². The molecule has 1 radical (unpaired) electrons. The molecule has 1 heterocycles. The van der Waals surface area contributed by atoms with Crippen LogP contribution in [0.3, 0.4) is 0 Å². The van der Waals surface area contributed by atoms with Crippen molar-refractivity contribution >= 4 is 10.0 Å². The highest BCUT2D eigenvalue weighted by molar-refractivity contribution is 7.88. The van der Waals surface area contributed by atoms with Crippen LogP contribution < -0.4 is 0 Å². The first-order chi connectivity index (χ1) is 5.00. The van der Waals surface area contributed by atoms with Gasteiger partial charge in [0.15, 0.2) is 0 Å². The minimum atomic E-state index is -3.03. The fourth-order valence-corrected chi connectivity index (χ4v) is 1.69. The van der Waals surface area contributed by atoms with E-state index in [0.717, 1.165) is 6.42 Å². The quantitative estimate of drug-likeness (QED) is 0.584. The van der Waals surface area contributed by atoms with Gasteiger partial charge in [-0.05, 0) is 19.3 Å². The van der Waals surface area contributed by atoms with E-state index in [1.807, 2.05) is 6.08 Å². The average Bonchev–Trinajstić information content (AvgIpc) is 1.86. The monoisotopic (exact) mass is 174 g/mol. The number of hydrogen-bond donors (Lipinski definition) is 0. The van der Waals surface area contributed by atoms with E-state index in [9.17, 15) is 8.42 Å². The van der Waals surface area contributed by atoms with Crippen LogP contribution in [0.25, 0.3) is 0 Å². The van der Waals surface area contributed by atoms with Crippen molar-refractivity contribution < 1.29 is 8.42 Å². The molecular weight excluding hydrogens is 162 g/mol. The minimum absolute atomic E-state index is 0.257. The standard InChI is InChI=1S/C7H12NO2S/c1-7-3-5-8(6-4-7)11(2,9)10/h3,5,7H,1,4,6H2,2H3. The fourth-order valence-electron chi connectivity index (χ4n) is 0.958. The van der Waals surface area contributed by atoms with Crippen LogP contribution in [0.2, 0.25) is 0 Å². The second-order valence-electron chi connectivity index (χ2n) is 2.76. The molecule has 0 aromatic carbocycles. The zero-order chi connectivity index (χ0) is 8.48. The number of sulfonamides is 1. The van der Waals surface area contributed by atoms with Crippen molar-refractivity contribution in [2.75, 3.05) is 12.8 Å². The van der Waals surface area contributed by atoms with Gasteiger partial charge in [0.25, 0.3) is 0 Å². The molecule has 0 spiro atoms. The lowest BCUT2D eigenvalue weighted by Gasteiger charge is -2.23. The number of hydrogen-bond acceptors (Lipinski definition) is 2. The van der Waals surface area contributed by atoms with Gasteiger partial charge < -0.3 is 0 Å². The Morgan fingerprint density at radius 1 is 1.64 bits per heavy atom. The van der Waals surface area contributed by atoms with E-state index in [-0.39, 0.29) is 5.92 Å². The molecule has 0 saturated carbocycles. The summed E-state index contributed by atoms with van der Waals surface area (Å²) in [7, 11) is -3.03. The first-order valence-electron chi connectivity index (χ1n) is 3.48.